The van der Waals surface area contributed by atoms with E-state index in [-0.39, 0.29) is 23.5 Å². The summed E-state index contributed by atoms with van der Waals surface area (Å²) < 4.78 is 175. The number of halogens is 14. The Bertz CT molecular complexity index is 464. The molecule has 0 saturated carbocycles. The molecule has 0 aliphatic rings. The van der Waals surface area contributed by atoms with Gasteiger partial charge in [0.15, 0.2) is 0 Å². The van der Waals surface area contributed by atoms with Gasteiger partial charge in [-0.05, 0) is 18.4 Å². The molecule has 0 aromatic rings. The van der Waals surface area contributed by atoms with Gasteiger partial charge in [-0.3, -0.25) is 0 Å². The molecular weight excluding hydrogens is 502 g/mol. The van der Waals surface area contributed by atoms with Crippen LogP contribution in [0.2, 0.25) is 0 Å². The van der Waals surface area contributed by atoms with Crippen molar-refractivity contribution >= 4 is 23.5 Å². The predicted octanol–water partition coefficient (Wildman–Crippen LogP) is 6.61. The lowest BCUT2D eigenvalue weighted by Crippen LogP contribution is -2.53. The maximum atomic E-state index is 13.5. The fourth-order valence-electron chi connectivity index (χ4n) is 1.85. The van der Waals surface area contributed by atoms with Crippen LogP contribution >= 0.6 is 23.5 Å². The first-order valence-electron chi connectivity index (χ1n) is 7.57. The maximum absolute atomic E-state index is 13.5. The lowest BCUT2D eigenvalue weighted by Gasteiger charge is -2.31. The number of hydrogen-bond acceptors (Lipinski definition) is 3. The number of rotatable bonds is 9. The van der Waals surface area contributed by atoms with Crippen LogP contribution in [-0.4, -0.2) is 63.3 Å². The minimum Gasteiger partial charge on any atom is -0.391 e. The van der Waals surface area contributed by atoms with Crippen LogP contribution in [0.5, 0.6) is 0 Å². The second kappa shape index (κ2) is 9.67. The van der Waals surface area contributed by atoms with Crippen molar-refractivity contribution in [2.75, 3.05) is 11.5 Å². The van der Waals surface area contributed by atoms with E-state index in [2.05, 4.69) is 0 Å². The van der Waals surface area contributed by atoms with E-state index < -0.39 is 71.1 Å². The average molecular weight is 516 g/mol. The smallest absolute Gasteiger partial charge is 0.391 e. The highest BCUT2D eigenvalue weighted by Gasteiger charge is 2.72. The first-order valence-corrected chi connectivity index (χ1v) is 9.67. The fraction of sp³-hybridized carbons (Fsp3) is 1.00. The van der Waals surface area contributed by atoms with Crippen LogP contribution in [0, 0.1) is 0 Å². The number of aliphatic hydroxyl groups excluding tert-OH is 1. The Kier molecular flexibility index (Phi) is 9.56. The fourth-order valence-corrected chi connectivity index (χ4v) is 4.63. The van der Waals surface area contributed by atoms with Crippen LogP contribution in [0.4, 0.5) is 61.5 Å². The quantitative estimate of drug-likeness (QED) is 0.275. The van der Waals surface area contributed by atoms with Crippen molar-refractivity contribution in [2.45, 2.75) is 66.5 Å². The van der Waals surface area contributed by atoms with Crippen molar-refractivity contribution in [3.63, 3.8) is 0 Å². The molecule has 0 aromatic heterocycles. The lowest BCUT2D eigenvalue weighted by molar-refractivity contribution is -0.342. The topological polar surface area (TPSA) is 20.2 Å². The molecular formula is C13H14F14OS2. The zero-order valence-corrected chi connectivity index (χ0v) is 16.2. The van der Waals surface area contributed by atoms with E-state index in [0.29, 0.717) is 0 Å². The van der Waals surface area contributed by atoms with Crippen molar-refractivity contribution in [1.82, 2.24) is 0 Å². The van der Waals surface area contributed by atoms with Gasteiger partial charge < -0.3 is 5.11 Å². The van der Waals surface area contributed by atoms with E-state index in [4.69, 9.17) is 0 Å². The van der Waals surface area contributed by atoms with E-state index in [9.17, 15) is 66.6 Å². The Labute approximate surface area is 168 Å². The lowest BCUT2D eigenvalue weighted by atomic mass is 10.0. The summed E-state index contributed by atoms with van der Waals surface area (Å²) in [4.78, 5) is 0. The number of hydrogen-bond donors (Lipinski definition) is 1. The molecule has 1 nitrogen and oxygen atoms in total. The molecule has 0 heterocycles. The Balaban J connectivity index is 5.11. The monoisotopic (exact) mass is 516 g/mol. The molecule has 0 bridgehead atoms. The van der Waals surface area contributed by atoms with Crippen molar-refractivity contribution < 1.29 is 66.6 Å². The van der Waals surface area contributed by atoms with E-state index in [1.165, 1.54) is 0 Å². The summed E-state index contributed by atoms with van der Waals surface area (Å²) in [5.74, 6) is -2.51. The molecule has 0 aliphatic carbocycles. The Morgan fingerprint density at radius 1 is 0.567 bits per heavy atom. The maximum Gasteiger partial charge on any atom is 0.431 e. The summed E-state index contributed by atoms with van der Waals surface area (Å²) >= 11 is 0.0846. The first kappa shape index (κ1) is 29.7. The van der Waals surface area contributed by atoms with Crippen LogP contribution in [0.3, 0.4) is 0 Å². The van der Waals surface area contributed by atoms with Crippen molar-refractivity contribution in [1.29, 1.82) is 0 Å². The molecule has 0 amide bonds. The molecule has 0 aromatic carbocycles. The van der Waals surface area contributed by atoms with E-state index in [1.54, 1.807) is 0 Å². The summed E-state index contributed by atoms with van der Waals surface area (Å²) in [6.45, 7) is 0.886. The van der Waals surface area contributed by atoms with Gasteiger partial charge in [-0.1, -0.05) is 0 Å². The van der Waals surface area contributed by atoms with Gasteiger partial charge >= 0.3 is 24.7 Å². The third-order valence-corrected chi connectivity index (χ3v) is 6.79. The van der Waals surface area contributed by atoms with E-state index >= 15 is 0 Å². The minimum atomic E-state index is -6.34. The van der Waals surface area contributed by atoms with Crippen molar-refractivity contribution in [3.05, 3.63) is 0 Å². The van der Waals surface area contributed by atoms with Crippen molar-refractivity contribution in [3.8, 4) is 0 Å². The number of thioether (sulfide) groups is 2. The Hall–Kier alpha value is -0.320. The molecule has 1 atom stereocenters. The second-order valence-electron chi connectivity index (χ2n) is 5.94. The van der Waals surface area contributed by atoms with Gasteiger partial charge in [-0.15, -0.1) is 23.5 Å². The van der Waals surface area contributed by atoms with Crippen LogP contribution in [-0.2, 0) is 0 Å². The van der Waals surface area contributed by atoms with Gasteiger partial charge in [0.25, 0.3) is 11.3 Å². The van der Waals surface area contributed by atoms with Crippen LogP contribution < -0.4 is 0 Å². The third kappa shape index (κ3) is 6.84. The summed E-state index contributed by atoms with van der Waals surface area (Å²) in [6.07, 6.45) is -31.4. The number of alkyl halides is 14. The van der Waals surface area contributed by atoms with Crippen molar-refractivity contribution in [2.24, 2.45) is 0 Å². The van der Waals surface area contributed by atoms with Crippen LogP contribution in [0.1, 0.15) is 19.8 Å². The van der Waals surface area contributed by atoms with Crippen LogP contribution in [0.25, 0.3) is 0 Å². The predicted molar refractivity (Wildman–Crippen MR) is 81.5 cm³/mol. The molecule has 182 valence electrons. The van der Waals surface area contributed by atoms with Gasteiger partial charge in [0, 0.05) is 12.8 Å². The normalized spacial score (nSPS) is 16.3. The highest BCUT2D eigenvalue weighted by Crippen LogP contribution is 2.50. The van der Waals surface area contributed by atoms with Gasteiger partial charge in [-0.25, -0.2) is 8.78 Å². The van der Waals surface area contributed by atoms with Gasteiger partial charge in [-0.2, -0.15) is 52.7 Å². The number of aliphatic hydroxyl groups is 1. The summed E-state index contributed by atoms with van der Waals surface area (Å²) in [7, 11) is 0. The molecule has 1 N–H and O–H groups in total. The summed E-state index contributed by atoms with van der Waals surface area (Å²) in [6, 6.07) is 0. The molecule has 0 radical (unpaired) electrons. The highest BCUT2D eigenvalue weighted by molar-refractivity contribution is 8.17. The molecule has 0 fully saturated rings. The first-order chi connectivity index (χ1) is 13.0. The zero-order valence-electron chi connectivity index (χ0n) is 14.5. The Morgan fingerprint density at radius 3 is 0.967 bits per heavy atom. The largest absolute Gasteiger partial charge is 0.431 e. The zero-order chi connectivity index (χ0) is 24.4. The molecule has 17 heteroatoms. The second-order valence-corrected chi connectivity index (χ2v) is 8.74. The molecule has 30 heavy (non-hydrogen) atoms. The molecule has 0 rings (SSSR count). The SMILES string of the molecule is CC(O)C(SCCC(F)(C(F)(F)F)C(F)(F)F)SCCC(F)(C(F)(F)F)C(F)(F)F. The molecule has 0 spiro atoms. The third-order valence-electron chi connectivity index (χ3n) is 3.65. The van der Waals surface area contributed by atoms with E-state index in [0.717, 1.165) is 6.92 Å². The standard InChI is InChI=1S/C13H14F14OS2/c1-6(28)7(29-4-2-8(14,10(16,17)18)11(19,20)21)30-5-3-9(15,12(22,23)24)13(25,26)27/h6-7,28H,2-5H2,1H3. The Morgan fingerprint density at radius 2 is 0.800 bits per heavy atom. The molecule has 0 saturated heterocycles. The minimum absolute atomic E-state index is 0.0423. The van der Waals surface area contributed by atoms with Gasteiger partial charge in [0.2, 0.25) is 0 Å². The molecule has 1 unspecified atom stereocenters. The highest BCUT2D eigenvalue weighted by atomic mass is 32.2. The van der Waals surface area contributed by atoms with Gasteiger partial charge in [0.1, 0.15) is 0 Å². The van der Waals surface area contributed by atoms with E-state index in [1.807, 2.05) is 0 Å². The average Bonchev–Trinajstić information content (AvgIpc) is 2.48. The summed E-state index contributed by atoms with van der Waals surface area (Å²) in [5, 5.41) is 9.39. The summed E-state index contributed by atoms with van der Waals surface area (Å²) in [5.41, 5.74) is -11.2. The van der Waals surface area contributed by atoms with Gasteiger partial charge in [0.05, 0.1) is 10.7 Å². The van der Waals surface area contributed by atoms with Crippen LogP contribution in [0.15, 0.2) is 0 Å². The molecule has 0 aliphatic heterocycles.